The second kappa shape index (κ2) is 7.02. The summed E-state index contributed by atoms with van der Waals surface area (Å²) < 4.78 is 56.2. The van der Waals surface area contributed by atoms with E-state index < -0.39 is 17.3 Å². The SMILES string of the molecule is FC(F)(F)c1c(N2CCC3(CC2)COc2ccccc2O3)ccn2c(CC3CC3)nnc12. The molecule has 3 aliphatic rings. The average Bonchev–Trinajstić information content (AvgIpc) is 3.51. The molecule has 0 atom stereocenters. The molecule has 3 aromatic rings. The zero-order chi connectivity index (χ0) is 21.9. The van der Waals surface area contributed by atoms with Crippen LogP contribution in [0.15, 0.2) is 36.5 Å². The normalized spacial score (nSPS) is 20.2. The van der Waals surface area contributed by atoms with Crippen molar-refractivity contribution in [2.45, 2.75) is 43.9 Å². The summed E-state index contributed by atoms with van der Waals surface area (Å²) in [5.41, 5.74) is -1.18. The third kappa shape index (κ3) is 3.34. The van der Waals surface area contributed by atoms with E-state index in [1.165, 1.54) is 4.40 Å². The molecule has 1 spiro atoms. The van der Waals surface area contributed by atoms with Crippen LogP contribution >= 0.6 is 0 Å². The number of piperidine rings is 1. The van der Waals surface area contributed by atoms with Crippen LogP contribution in [0.1, 0.15) is 37.1 Å². The first-order chi connectivity index (χ1) is 15.4. The molecule has 0 amide bonds. The molecule has 0 N–H and O–H groups in total. The van der Waals surface area contributed by atoms with Gasteiger partial charge in [-0.2, -0.15) is 13.2 Å². The Balaban J connectivity index is 1.29. The van der Waals surface area contributed by atoms with Crippen LogP contribution in [0.25, 0.3) is 5.65 Å². The standard InChI is InChI=1S/C23H23F3N4O2/c24-23(25,26)20-16(7-10-30-19(13-15-5-6-15)27-28-21(20)30)29-11-8-22(9-12-29)14-31-17-3-1-2-4-18(17)32-22/h1-4,7,10,15H,5-6,8-9,11-14H2. The highest BCUT2D eigenvalue weighted by Crippen LogP contribution is 2.43. The molecule has 4 heterocycles. The molecule has 168 valence electrons. The van der Waals surface area contributed by atoms with Crippen LogP contribution < -0.4 is 14.4 Å². The summed E-state index contributed by atoms with van der Waals surface area (Å²) >= 11 is 0. The van der Waals surface area contributed by atoms with E-state index in [9.17, 15) is 13.2 Å². The number of hydrogen-bond donors (Lipinski definition) is 0. The molecule has 2 aromatic heterocycles. The zero-order valence-corrected chi connectivity index (χ0v) is 17.4. The molecule has 1 saturated carbocycles. The van der Waals surface area contributed by atoms with Gasteiger partial charge in [0, 0.05) is 38.5 Å². The fourth-order valence-electron chi connectivity index (χ4n) is 4.78. The highest BCUT2D eigenvalue weighted by Gasteiger charge is 2.44. The van der Waals surface area contributed by atoms with Crippen LogP contribution in [0.4, 0.5) is 18.9 Å². The molecular formula is C23H23F3N4O2. The number of fused-ring (bicyclic) bond motifs is 2. The predicted molar refractivity (Wildman–Crippen MR) is 111 cm³/mol. The highest BCUT2D eigenvalue weighted by atomic mass is 19.4. The Hall–Kier alpha value is -2.97. The molecule has 2 aliphatic heterocycles. The van der Waals surface area contributed by atoms with Gasteiger partial charge in [0.05, 0.1) is 5.69 Å². The Morgan fingerprint density at radius 1 is 1.03 bits per heavy atom. The lowest BCUT2D eigenvalue weighted by atomic mass is 9.90. The van der Waals surface area contributed by atoms with Crippen molar-refractivity contribution in [3.8, 4) is 11.5 Å². The molecule has 6 rings (SSSR count). The molecule has 2 fully saturated rings. The number of halogens is 3. The predicted octanol–water partition coefficient (Wildman–Crippen LogP) is 4.51. The smallest absolute Gasteiger partial charge is 0.422 e. The van der Waals surface area contributed by atoms with Gasteiger partial charge in [-0.1, -0.05) is 12.1 Å². The summed E-state index contributed by atoms with van der Waals surface area (Å²) in [6, 6.07) is 9.05. The first kappa shape index (κ1) is 19.7. The van der Waals surface area contributed by atoms with Gasteiger partial charge in [0.15, 0.2) is 17.1 Å². The first-order valence-corrected chi connectivity index (χ1v) is 11.0. The molecule has 1 aromatic carbocycles. The van der Waals surface area contributed by atoms with Gasteiger partial charge in [0.1, 0.15) is 23.6 Å². The second-order valence-corrected chi connectivity index (χ2v) is 9.04. The van der Waals surface area contributed by atoms with Crippen molar-refractivity contribution in [2.24, 2.45) is 5.92 Å². The lowest BCUT2D eigenvalue weighted by molar-refractivity contribution is -0.136. The number of hydrogen-bond acceptors (Lipinski definition) is 5. The highest BCUT2D eigenvalue weighted by molar-refractivity contribution is 5.67. The van der Waals surface area contributed by atoms with E-state index in [0.717, 1.165) is 12.8 Å². The summed E-state index contributed by atoms with van der Waals surface area (Å²) in [6.07, 6.45) is 1.17. The van der Waals surface area contributed by atoms with Gasteiger partial charge in [0.25, 0.3) is 0 Å². The maximum atomic E-state index is 14.2. The van der Waals surface area contributed by atoms with Crippen LogP contribution in [0.2, 0.25) is 0 Å². The van der Waals surface area contributed by atoms with Crippen molar-refractivity contribution < 1.29 is 22.6 Å². The van der Waals surface area contributed by atoms with E-state index in [1.54, 1.807) is 17.2 Å². The summed E-state index contributed by atoms with van der Waals surface area (Å²) in [6.45, 7) is 1.28. The first-order valence-electron chi connectivity index (χ1n) is 11.0. The van der Waals surface area contributed by atoms with Gasteiger partial charge in [-0.05, 0) is 37.0 Å². The Morgan fingerprint density at radius 3 is 2.50 bits per heavy atom. The number of benzene rings is 1. The van der Waals surface area contributed by atoms with E-state index in [0.29, 0.717) is 62.2 Å². The maximum absolute atomic E-state index is 14.2. The van der Waals surface area contributed by atoms with E-state index in [2.05, 4.69) is 10.2 Å². The Morgan fingerprint density at radius 2 is 1.78 bits per heavy atom. The van der Waals surface area contributed by atoms with Gasteiger partial charge < -0.3 is 14.4 Å². The zero-order valence-electron chi connectivity index (χ0n) is 17.4. The van der Waals surface area contributed by atoms with Crippen molar-refractivity contribution in [3.63, 3.8) is 0 Å². The Kier molecular flexibility index (Phi) is 4.32. The fourth-order valence-corrected chi connectivity index (χ4v) is 4.78. The number of anilines is 1. The van der Waals surface area contributed by atoms with E-state index in [-0.39, 0.29) is 11.3 Å². The number of aromatic nitrogens is 3. The minimum absolute atomic E-state index is 0.114. The number of para-hydroxylation sites is 2. The summed E-state index contributed by atoms with van der Waals surface area (Å²) in [7, 11) is 0. The molecular weight excluding hydrogens is 421 g/mol. The van der Waals surface area contributed by atoms with Crippen LogP contribution in [0.3, 0.4) is 0 Å². The van der Waals surface area contributed by atoms with Crippen LogP contribution in [-0.2, 0) is 12.6 Å². The number of alkyl halides is 3. The number of nitrogens with zero attached hydrogens (tertiary/aromatic N) is 4. The number of ether oxygens (including phenoxy) is 2. The van der Waals surface area contributed by atoms with E-state index in [1.807, 2.05) is 24.3 Å². The van der Waals surface area contributed by atoms with Crippen molar-refractivity contribution in [1.82, 2.24) is 14.6 Å². The Labute approximate surface area is 182 Å². The lowest BCUT2D eigenvalue weighted by Gasteiger charge is -2.45. The van der Waals surface area contributed by atoms with Crippen molar-refractivity contribution >= 4 is 11.3 Å². The molecule has 1 saturated heterocycles. The monoisotopic (exact) mass is 444 g/mol. The quantitative estimate of drug-likeness (QED) is 0.595. The largest absolute Gasteiger partial charge is 0.486 e. The van der Waals surface area contributed by atoms with Gasteiger partial charge in [0.2, 0.25) is 0 Å². The third-order valence-corrected chi connectivity index (χ3v) is 6.76. The second-order valence-electron chi connectivity index (χ2n) is 9.04. The summed E-state index contributed by atoms with van der Waals surface area (Å²) in [5.74, 6) is 2.51. The van der Waals surface area contributed by atoms with Gasteiger partial charge in [-0.15, -0.1) is 10.2 Å². The number of pyridine rings is 1. The van der Waals surface area contributed by atoms with Crippen molar-refractivity contribution in [1.29, 1.82) is 0 Å². The average molecular weight is 444 g/mol. The minimum Gasteiger partial charge on any atom is -0.486 e. The molecule has 9 heteroatoms. The summed E-state index contributed by atoms with van der Waals surface area (Å²) in [4.78, 5) is 1.78. The van der Waals surface area contributed by atoms with E-state index in [4.69, 9.17) is 9.47 Å². The topological polar surface area (TPSA) is 51.9 Å². The van der Waals surface area contributed by atoms with Crippen LogP contribution in [0, 0.1) is 5.92 Å². The van der Waals surface area contributed by atoms with Gasteiger partial charge in [-0.25, -0.2) is 0 Å². The van der Waals surface area contributed by atoms with Gasteiger partial charge >= 0.3 is 6.18 Å². The maximum Gasteiger partial charge on any atom is 0.422 e. The van der Waals surface area contributed by atoms with Crippen molar-refractivity contribution in [2.75, 3.05) is 24.6 Å². The third-order valence-electron chi connectivity index (χ3n) is 6.76. The molecule has 0 bridgehead atoms. The lowest BCUT2D eigenvalue weighted by Crippen LogP contribution is -2.53. The molecule has 1 aliphatic carbocycles. The molecule has 0 unspecified atom stereocenters. The van der Waals surface area contributed by atoms with Gasteiger partial charge in [-0.3, -0.25) is 4.40 Å². The van der Waals surface area contributed by atoms with E-state index >= 15 is 0 Å². The Bertz CT molecular complexity index is 1160. The number of rotatable bonds is 3. The van der Waals surface area contributed by atoms with Crippen LogP contribution in [0.5, 0.6) is 11.5 Å². The molecule has 32 heavy (non-hydrogen) atoms. The van der Waals surface area contributed by atoms with Crippen molar-refractivity contribution in [3.05, 3.63) is 47.9 Å². The molecule has 6 nitrogen and oxygen atoms in total. The van der Waals surface area contributed by atoms with Crippen LogP contribution in [-0.4, -0.2) is 39.9 Å². The fraction of sp³-hybridized carbons (Fsp3) is 0.478. The minimum atomic E-state index is -4.53. The molecule has 0 radical (unpaired) electrons. The summed E-state index contributed by atoms with van der Waals surface area (Å²) in [5, 5.41) is 8.03.